The van der Waals surface area contributed by atoms with Gasteiger partial charge >= 0.3 is 0 Å². The lowest BCUT2D eigenvalue weighted by Gasteiger charge is -2.11. The van der Waals surface area contributed by atoms with Crippen LogP contribution in [0.2, 0.25) is 0 Å². The van der Waals surface area contributed by atoms with Crippen LogP contribution in [0.25, 0.3) is 0 Å². The maximum absolute atomic E-state index is 12.9. The molecular weight excluding hydrogens is 444 g/mol. The molecular formula is C25H26O5S2. The first-order valence-corrected chi connectivity index (χ1v) is 12.7. The fourth-order valence-corrected chi connectivity index (χ4v) is 5.29. The molecule has 7 heteroatoms. The quantitative estimate of drug-likeness (QED) is 0.393. The lowest BCUT2D eigenvalue weighted by Crippen LogP contribution is -2.08. The number of carbonyl (C=O) groups is 1. The van der Waals surface area contributed by atoms with E-state index < -0.39 is 9.84 Å². The van der Waals surface area contributed by atoms with Gasteiger partial charge in [-0.15, -0.1) is 11.8 Å². The molecule has 0 bridgehead atoms. The van der Waals surface area contributed by atoms with Crippen LogP contribution >= 0.6 is 11.8 Å². The van der Waals surface area contributed by atoms with E-state index in [1.54, 1.807) is 42.5 Å². The topological polar surface area (TPSA) is 69.7 Å². The van der Waals surface area contributed by atoms with Crippen molar-refractivity contribution >= 4 is 27.4 Å². The number of aryl methyl sites for hydroxylation is 1. The molecule has 0 N–H and O–H groups in total. The van der Waals surface area contributed by atoms with Crippen molar-refractivity contribution in [1.29, 1.82) is 0 Å². The minimum atomic E-state index is -3.59. The second kappa shape index (κ2) is 10.7. The largest absolute Gasteiger partial charge is 0.497 e. The molecule has 0 aliphatic carbocycles. The van der Waals surface area contributed by atoms with Crippen molar-refractivity contribution in [3.63, 3.8) is 0 Å². The van der Waals surface area contributed by atoms with Crippen LogP contribution in [0.15, 0.2) is 76.5 Å². The van der Waals surface area contributed by atoms with Crippen LogP contribution in [-0.2, 0) is 26.8 Å². The number of hydrogen-bond donors (Lipinski definition) is 0. The van der Waals surface area contributed by atoms with E-state index in [2.05, 4.69) is 0 Å². The Kier molecular flexibility index (Phi) is 7.99. The van der Waals surface area contributed by atoms with E-state index in [1.807, 2.05) is 31.2 Å². The summed E-state index contributed by atoms with van der Waals surface area (Å²) in [6.45, 7) is 2.02. The van der Waals surface area contributed by atoms with E-state index in [-0.39, 0.29) is 22.9 Å². The van der Waals surface area contributed by atoms with E-state index >= 15 is 0 Å². The first-order chi connectivity index (χ1) is 15.3. The predicted octanol–water partition coefficient (Wildman–Crippen LogP) is 4.89. The van der Waals surface area contributed by atoms with Gasteiger partial charge in [-0.3, -0.25) is 4.79 Å². The highest BCUT2D eigenvalue weighted by atomic mass is 32.2. The first-order valence-electron chi connectivity index (χ1n) is 10.0. The van der Waals surface area contributed by atoms with E-state index in [0.717, 1.165) is 10.5 Å². The number of rotatable bonds is 10. The van der Waals surface area contributed by atoms with Gasteiger partial charge < -0.3 is 9.47 Å². The Hall–Kier alpha value is -2.77. The van der Waals surface area contributed by atoms with Crippen molar-refractivity contribution in [2.75, 3.05) is 20.0 Å². The van der Waals surface area contributed by atoms with Crippen molar-refractivity contribution < 1.29 is 22.7 Å². The minimum Gasteiger partial charge on any atom is -0.497 e. The van der Waals surface area contributed by atoms with Gasteiger partial charge in [0.25, 0.3) is 0 Å². The molecule has 0 saturated heterocycles. The Bertz CT molecular complexity index is 1170. The van der Waals surface area contributed by atoms with Crippen molar-refractivity contribution in [3.05, 3.63) is 83.4 Å². The summed E-state index contributed by atoms with van der Waals surface area (Å²) in [7, 11) is -0.563. The standard InChI is InChI=1S/C25H26O5S2/c1-18-4-9-23(10-5-18)31-16-21(26)14-19-6-11-24(12-7-19)32(27,28)17-20-15-22(29-2)8-13-25(20)30-3/h4-13,15H,14,16-17H2,1-3H3. The molecule has 0 fully saturated rings. The molecule has 0 aliphatic rings. The number of sulfone groups is 1. The SMILES string of the molecule is COc1ccc(OC)c(CS(=O)(=O)c2ccc(CC(=O)CSc3ccc(C)cc3)cc2)c1. The van der Waals surface area contributed by atoms with Crippen LogP contribution in [-0.4, -0.2) is 34.2 Å². The summed E-state index contributed by atoms with van der Waals surface area (Å²) in [5.74, 6) is 1.31. The summed E-state index contributed by atoms with van der Waals surface area (Å²) in [4.78, 5) is 13.6. The zero-order valence-corrected chi connectivity index (χ0v) is 20.0. The number of Topliss-reactive ketones (excluding diaryl/α,β-unsaturated/α-hetero) is 1. The van der Waals surface area contributed by atoms with Crippen molar-refractivity contribution in [3.8, 4) is 11.5 Å². The number of ketones is 1. The van der Waals surface area contributed by atoms with E-state index in [9.17, 15) is 13.2 Å². The van der Waals surface area contributed by atoms with Crippen molar-refractivity contribution in [1.82, 2.24) is 0 Å². The molecule has 0 spiro atoms. The molecule has 0 unspecified atom stereocenters. The van der Waals surface area contributed by atoms with Gasteiger partial charge in [0, 0.05) is 16.9 Å². The minimum absolute atomic E-state index is 0.0901. The lowest BCUT2D eigenvalue weighted by molar-refractivity contribution is -0.116. The molecule has 0 radical (unpaired) electrons. The zero-order valence-electron chi connectivity index (χ0n) is 18.3. The van der Waals surface area contributed by atoms with Crippen LogP contribution in [0.3, 0.4) is 0 Å². The Morgan fingerprint density at radius 2 is 1.59 bits per heavy atom. The average molecular weight is 471 g/mol. The lowest BCUT2D eigenvalue weighted by atomic mass is 10.1. The maximum Gasteiger partial charge on any atom is 0.182 e. The zero-order chi connectivity index (χ0) is 23.1. The van der Waals surface area contributed by atoms with Crippen molar-refractivity contribution in [2.24, 2.45) is 0 Å². The third-order valence-electron chi connectivity index (χ3n) is 4.94. The van der Waals surface area contributed by atoms with Gasteiger partial charge in [-0.2, -0.15) is 0 Å². The Morgan fingerprint density at radius 3 is 2.22 bits per heavy atom. The summed E-state index contributed by atoms with van der Waals surface area (Å²) in [5, 5.41) is 0. The van der Waals surface area contributed by atoms with E-state index in [4.69, 9.17) is 9.47 Å². The molecule has 3 aromatic rings. The van der Waals surface area contributed by atoms with Gasteiger partial charge in [0.15, 0.2) is 9.84 Å². The number of methoxy groups -OCH3 is 2. The fourth-order valence-electron chi connectivity index (χ4n) is 3.17. The summed E-state index contributed by atoms with van der Waals surface area (Å²) < 4.78 is 36.3. The molecule has 0 aliphatic heterocycles. The van der Waals surface area contributed by atoms with Gasteiger partial charge in [-0.05, 0) is 55.0 Å². The maximum atomic E-state index is 12.9. The van der Waals surface area contributed by atoms with Crippen LogP contribution in [0.1, 0.15) is 16.7 Å². The third kappa shape index (κ3) is 6.37. The number of hydrogen-bond acceptors (Lipinski definition) is 6. The van der Waals surface area contributed by atoms with Gasteiger partial charge in [-0.25, -0.2) is 8.42 Å². The molecule has 3 aromatic carbocycles. The molecule has 32 heavy (non-hydrogen) atoms. The summed E-state index contributed by atoms with van der Waals surface area (Å²) in [6, 6.07) is 19.6. The summed E-state index contributed by atoms with van der Waals surface area (Å²) in [6.07, 6.45) is 0.267. The summed E-state index contributed by atoms with van der Waals surface area (Å²) >= 11 is 1.50. The van der Waals surface area contributed by atoms with Crippen LogP contribution in [0.4, 0.5) is 0 Å². The number of carbonyl (C=O) groups excluding carboxylic acids is 1. The third-order valence-corrected chi connectivity index (χ3v) is 7.69. The number of thioether (sulfide) groups is 1. The number of benzene rings is 3. The molecule has 0 atom stereocenters. The second-order valence-corrected chi connectivity index (χ2v) is 10.4. The molecule has 168 valence electrons. The molecule has 0 saturated carbocycles. The Labute approximate surface area is 193 Å². The predicted molar refractivity (Wildman–Crippen MR) is 127 cm³/mol. The highest BCUT2D eigenvalue weighted by molar-refractivity contribution is 8.00. The fraction of sp³-hybridized carbons (Fsp3) is 0.240. The van der Waals surface area contributed by atoms with Gasteiger partial charge in [0.1, 0.15) is 17.3 Å². The monoisotopic (exact) mass is 470 g/mol. The first kappa shape index (κ1) is 23.9. The molecule has 0 aromatic heterocycles. The van der Waals surface area contributed by atoms with Gasteiger partial charge in [0.2, 0.25) is 0 Å². The van der Waals surface area contributed by atoms with E-state index in [1.165, 1.54) is 31.5 Å². The Morgan fingerprint density at radius 1 is 0.906 bits per heavy atom. The number of ether oxygens (including phenoxy) is 2. The molecule has 3 rings (SSSR count). The average Bonchev–Trinajstić information content (AvgIpc) is 2.78. The summed E-state index contributed by atoms with van der Waals surface area (Å²) in [5.41, 5.74) is 2.50. The smallest absolute Gasteiger partial charge is 0.182 e. The van der Waals surface area contributed by atoms with Crippen LogP contribution in [0, 0.1) is 6.92 Å². The van der Waals surface area contributed by atoms with Crippen LogP contribution < -0.4 is 9.47 Å². The Balaban J connectivity index is 1.64. The van der Waals surface area contributed by atoms with Crippen LogP contribution in [0.5, 0.6) is 11.5 Å². The molecule has 0 amide bonds. The second-order valence-electron chi connectivity index (χ2n) is 7.40. The van der Waals surface area contributed by atoms with Gasteiger partial charge in [-0.1, -0.05) is 29.8 Å². The van der Waals surface area contributed by atoms with Gasteiger partial charge in [0.05, 0.1) is 30.6 Å². The normalized spacial score (nSPS) is 11.2. The molecule has 0 heterocycles. The van der Waals surface area contributed by atoms with Crippen molar-refractivity contribution in [2.45, 2.75) is 28.9 Å². The highest BCUT2D eigenvalue weighted by Gasteiger charge is 2.19. The van der Waals surface area contributed by atoms with E-state index in [0.29, 0.717) is 22.8 Å². The highest BCUT2D eigenvalue weighted by Crippen LogP contribution is 2.28. The molecule has 5 nitrogen and oxygen atoms in total.